The highest BCUT2D eigenvalue weighted by Crippen LogP contribution is 2.28. The Bertz CT molecular complexity index is 614. The molecule has 0 bridgehead atoms. The summed E-state index contributed by atoms with van der Waals surface area (Å²) in [7, 11) is 0. The number of ketones is 1. The first kappa shape index (κ1) is 13.1. The van der Waals surface area contributed by atoms with Gasteiger partial charge in [0.1, 0.15) is 6.10 Å². The molecule has 20 heavy (non-hydrogen) atoms. The number of carbonyl (C=O) groups is 1. The van der Waals surface area contributed by atoms with Gasteiger partial charge in [0.05, 0.1) is 6.61 Å². The van der Waals surface area contributed by atoms with Gasteiger partial charge in [0.2, 0.25) is 0 Å². The molecule has 0 spiro atoms. The van der Waals surface area contributed by atoms with Gasteiger partial charge < -0.3 is 4.74 Å². The van der Waals surface area contributed by atoms with E-state index in [-0.39, 0.29) is 5.78 Å². The maximum absolute atomic E-state index is 12.5. The van der Waals surface area contributed by atoms with Gasteiger partial charge in [0.15, 0.2) is 5.78 Å². The fourth-order valence-corrected chi connectivity index (χ4v) is 2.66. The molecule has 2 nitrogen and oxygen atoms in total. The molecular formula is C18H18O2. The summed E-state index contributed by atoms with van der Waals surface area (Å²) >= 11 is 0. The van der Waals surface area contributed by atoms with Crippen molar-refractivity contribution in [3.63, 3.8) is 0 Å². The van der Waals surface area contributed by atoms with Crippen LogP contribution in [0.2, 0.25) is 0 Å². The van der Waals surface area contributed by atoms with Crippen molar-refractivity contribution in [2.24, 2.45) is 0 Å². The smallest absolute Gasteiger partial charge is 0.170 e. The topological polar surface area (TPSA) is 26.3 Å². The number of fused-ring (bicyclic) bond motifs is 1. The first-order valence-corrected chi connectivity index (χ1v) is 7.02. The molecule has 0 radical (unpaired) electrons. The van der Waals surface area contributed by atoms with Crippen LogP contribution in [0.3, 0.4) is 0 Å². The van der Waals surface area contributed by atoms with E-state index in [1.165, 1.54) is 11.1 Å². The van der Waals surface area contributed by atoms with Gasteiger partial charge in [-0.15, -0.1) is 0 Å². The van der Waals surface area contributed by atoms with E-state index in [9.17, 15) is 4.79 Å². The third kappa shape index (κ3) is 2.66. The zero-order valence-corrected chi connectivity index (χ0v) is 11.6. The molecule has 0 aliphatic carbocycles. The molecule has 0 saturated heterocycles. The Labute approximate surface area is 119 Å². The molecule has 0 aromatic heterocycles. The van der Waals surface area contributed by atoms with Crippen LogP contribution < -0.4 is 0 Å². The minimum Gasteiger partial charge on any atom is -0.365 e. The Hall–Kier alpha value is -1.93. The Morgan fingerprint density at radius 2 is 1.90 bits per heavy atom. The number of hydrogen-bond donors (Lipinski definition) is 0. The van der Waals surface area contributed by atoms with Crippen molar-refractivity contribution in [3.8, 4) is 0 Å². The number of rotatable bonds is 3. The second kappa shape index (κ2) is 5.59. The van der Waals surface area contributed by atoms with Gasteiger partial charge in [0.25, 0.3) is 0 Å². The van der Waals surface area contributed by atoms with Crippen LogP contribution in [0, 0.1) is 6.92 Å². The second-order valence-corrected chi connectivity index (χ2v) is 5.33. The molecule has 2 heteroatoms. The number of hydrogen-bond acceptors (Lipinski definition) is 2. The highest BCUT2D eigenvalue weighted by molar-refractivity contribution is 5.87. The average molecular weight is 266 g/mol. The Balaban J connectivity index is 1.80. The maximum atomic E-state index is 12.5. The average Bonchev–Trinajstić information content (AvgIpc) is 2.49. The number of carbonyl (C=O) groups excluding carboxylic acids is 1. The van der Waals surface area contributed by atoms with E-state index in [1.54, 1.807) is 0 Å². The summed E-state index contributed by atoms with van der Waals surface area (Å²) < 4.78 is 5.71. The Morgan fingerprint density at radius 1 is 1.15 bits per heavy atom. The van der Waals surface area contributed by atoms with Gasteiger partial charge in [-0.25, -0.2) is 0 Å². The van der Waals surface area contributed by atoms with Crippen molar-refractivity contribution >= 4 is 5.78 Å². The Kier molecular flexibility index (Phi) is 3.66. The molecule has 102 valence electrons. The van der Waals surface area contributed by atoms with Crippen LogP contribution in [0.25, 0.3) is 0 Å². The molecule has 1 aliphatic heterocycles. The molecule has 1 heterocycles. The third-order valence-electron chi connectivity index (χ3n) is 3.78. The third-order valence-corrected chi connectivity index (χ3v) is 3.78. The van der Waals surface area contributed by atoms with Gasteiger partial charge in [-0.2, -0.15) is 0 Å². The lowest BCUT2D eigenvalue weighted by Crippen LogP contribution is -2.24. The van der Waals surface area contributed by atoms with Gasteiger partial charge in [-0.1, -0.05) is 54.1 Å². The van der Waals surface area contributed by atoms with Crippen molar-refractivity contribution in [1.82, 2.24) is 0 Å². The predicted octanol–water partition coefficient (Wildman–Crippen LogP) is 3.42. The summed E-state index contributed by atoms with van der Waals surface area (Å²) in [5.74, 6) is 0.140. The summed E-state index contributed by atoms with van der Waals surface area (Å²) in [5.41, 5.74) is 4.53. The molecule has 2 aromatic carbocycles. The second-order valence-electron chi connectivity index (χ2n) is 5.33. The lowest BCUT2D eigenvalue weighted by molar-refractivity contribution is -0.131. The van der Waals surface area contributed by atoms with E-state index < -0.39 is 6.10 Å². The summed E-state index contributed by atoms with van der Waals surface area (Å²) in [6.45, 7) is 2.67. The maximum Gasteiger partial charge on any atom is 0.170 e. The quantitative estimate of drug-likeness (QED) is 0.851. The van der Waals surface area contributed by atoms with Crippen molar-refractivity contribution in [3.05, 3.63) is 70.8 Å². The van der Waals surface area contributed by atoms with Crippen molar-refractivity contribution in [1.29, 1.82) is 0 Å². The van der Waals surface area contributed by atoms with Crippen LogP contribution in [0.5, 0.6) is 0 Å². The van der Waals surface area contributed by atoms with E-state index in [0.29, 0.717) is 13.0 Å². The highest BCUT2D eigenvalue weighted by Gasteiger charge is 2.26. The normalized spacial score (nSPS) is 17.6. The number of benzene rings is 2. The van der Waals surface area contributed by atoms with Gasteiger partial charge in [-0.05, 0) is 30.0 Å². The van der Waals surface area contributed by atoms with Gasteiger partial charge in [0, 0.05) is 6.42 Å². The zero-order chi connectivity index (χ0) is 13.9. The number of ether oxygens (including phenoxy) is 1. The molecule has 3 rings (SSSR count). The summed E-state index contributed by atoms with van der Waals surface area (Å²) in [6.07, 6.45) is 0.922. The van der Waals surface area contributed by atoms with Crippen LogP contribution in [-0.4, -0.2) is 12.4 Å². The molecule has 0 saturated carbocycles. The summed E-state index contributed by atoms with van der Waals surface area (Å²) in [4.78, 5) is 12.5. The van der Waals surface area contributed by atoms with E-state index in [0.717, 1.165) is 17.5 Å². The largest absolute Gasteiger partial charge is 0.365 e. The van der Waals surface area contributed by atoms with Crippen molar-refractivity contribution in [2.45, 2.75) is 25.9 Å². The lowest BCUT2D eigenvalue weighted by atomic mass is 9.93. The Morgan fingerprint density at radius 3 is 2.70 bits per heavy atom. The summed E-state index contributed by atoms with van der Waals surface area (Å²) in [5, 5.41) is 0. The number of aryl methyl sites for hydroxylation is 1. The van der Waals surface area contributed by atoms with Crippen LogP contribution in [0.15, 0.2) is 48.5 Å². The minimum atomic E-state index is -0.402. The van der Waals surface area contributed by atoms with E-state index >= 15 is 0 Å². The van der Waals surface area contributed by atoms with Crippen LogP contribution in [0.4, 0.5) is 0 Å². The van der Waals surface area contributed by atoms with Gasteiger partial charge in [-0.3, -0.25) is 4.79 Å². The molecule has 0 fully saturated rings. The highest BCUT2D eigenvalue weighted by atomic mass is 16.5. The van der Waals surface area contributed by atoms with Crippen molar-refractivity contribution in [2.75, 3.05) is 6.61 Å². The van der Waals surface area contributed by atoms with Crippen LogP contribution in [-0.2, 0) is 22.4 Å². The SMILES string of the molecule is Cc1ccc(CC(=O)C2OCCc3ccccc32)cc1. The van der Waals surface area contributed by atoms with E-state index in [1.807, 2.05) is 49.4 Å². The molecule has 2 aromatic rings. The van der Waals surface area contributed by atoms with Crippen LogP contribution >= 0.6 is 0 Å². The fraction of sp³-hybridized carbons (Fsp3) is 0.278. The fourth-order valence-electron chi connectivity index (χ4n) is 2.66. The van der Waals surface area contributed by atoms with Crippen LogP contribution in [0.1, 0.15) is 28.4 Å². The molecule has 1 aliphatic rings. The molecule has 1 atom stereocenters. The van der Waals surface area contributed by atoms with Gasteiger partial charge >= 0.3 is 0 Å². The van der Waals surface area contributed by atoms with Crippen molar-refractivity contribution < 1.29 is 9.53 Å². The lowest BCUT2D eigenvalue weighted by Gasteiger charge is -2.25. The van der Waals surface area contributed by atoms with E-state index in [2.05, 4.69) is 6.07 Å². The standard InChI is InChI=1S/C18H18O2/c1-13-6-8-14(9-7-13)12-17(19)18-16-5-3-2-4-15(16)10-11-20-18/h2-9,18H,10-12H2,1H3. The minimum absolute atomic E-state index is 0.140. The first-order valence-electron chi connectivity index (χ1n) is 7.02. The first-order chi connectivity index (χ1) is 9.74. The zero-order valence-electron chi connectivity index (χ0n) is 11.6. The molecular weight excluding hydrogens is 248 g/mol. The number of Topliss-reactive ketones (excluding diaryl/α,β-unsaturated/α-hetero) is 1. The molecule has 0 N–H and O–H groups in total. The monoisotopic (exact) mass is 266 g/mol. The van der Waals surface area contributed by atoms with E-state index in [4.69, 9.17) is 4.74 Å². The molecule has 0 amide bonds. The summed E-state index contributed by atoms with van der Waals surface area (Å²) in [6, 6.07) is 16.2. The molecule has 1 unspecified atom stereocenters. The predicted molar refractivity (Wildman–Crippen MR) is 78.7 cm³/mol.